The number of benzene rings is 1. The van der Waals surface area contributed by atoms with Crippen molar-refractivity contribution in [1.82, 2.24) is 8.87 Å². The number of anilines is 1. The number of carbonyl (C=O) groups is 1. The summed E-state index contributed by atoms with van der Waals surface area (Å²) in [5.74, 6) is 0.676. The summed E-state index contributed by atoms with van der Waals surface area (Å²) >= 11 is 0. The summed E-state index contributed by atoms with van der Waals surface area (Å²) in [6.07, 6.45) is 2.85. The third-order valence-electron chi connectivity index (χ3n) is 4.80. The topological polar surface area (TPSA) is 107 Å². The van der Waals surface area contributed by atoms with E-state index in [1.807, 2.05) is 0 Å². The van der Waals surface area contributed by atoms with Gasteiger partial charge in [-0.2, -0.15) is 4.31 Å². The molecule has 2 aromatic rings. The molecule has 1 amide bonds. The summed E-state index contributed by atoms with van der Waals surface area (Å²) in [5, 5.41) is 2.69. The van der Waals surface area contributed by atoms with E-state index >= 15 is 0 Å². The van der Waals surface area contributed by atoms with E-state index in [-0.39, 0.29) is 11.4 Å². The Hall–Kier alpha value is -2.85. The average Bonchev–Trinajstić information content (AvgIpc) is 3.25. The van der Waals surface area contributed by atoms with Gasteiger partial charge < -0.3 is 19.4 Å². The van der Waals surface area contributed by atoms with Gasteiger partial charge >= 0.3 is 0 Å². The van der Waals surface area contributed by atoms with Crippen LogP contribution < -0.4 is 20.3 Å². The van der Waals surface area contributed by atoms with Crippen molar-refractivity contribution in [3.63, 3.8) is 0 Å². The standard InChI is InChI=1S/C19H21N3O6S/c23-18(20-14-3-5-16-17(11-14)28-10-9-27-16)13-21-12-15(4-6-19(21)24)29(25,26)22-7-1-2-8-22/h3-6,11-12H,1-2,7-10,13H2,(H,20,23). The lowest BCUT2D eigenvalue weighted by atomic mass is 10.2. The second-order valence-corrected chi connectivity index (χ2v) is 8.79. The largest absolute Gasteiger partial charge is 0.486 e. The molecule has 3 heterocycles. The Morgan fingerprint density at radius 1 is 1.03 bits per heavy atom. The van der Waals surface area contributed by atoms with Crippen LogP contribution in [0, 0.1) is 0 Å². The highest BCUT2D eigenvalue weighted by atomic mass is 32.2. The molecule has 0 saturated carbocycles. The first-order valence-electron chi connectivity index (χ1n) is 9.34. The molecule has 0 unspecified atom stereocenters. The van der Waals surface area contributed by atoms with Crippen molar-refractivity contribution in [3.05, 3.63) is 46.9 Å². The van der Waals surface area contributed by atoms with Crippen LogP contribution in [0.15, 0.2) is 46.2 Å². The molecule has 9 nitrogen and oxygen atoms in total. The number of rotatable bonds is 5. The van der Waals surface area contributed by atoms with Gasteiger partial charge in [0.05, 0.1) is 4.90 Å². The number of aromatic nitrogens is 1. The van der Waals surface area contributed by atoms with Crippen LogP contribution in [0.25, 0.3) is 0 Å². The lowest BCUT2D eigenvalue weighted by molar-refractivity contribution is -0.116. The van der Waals surface area contributed by atoms with Gasteiger partial charge in [-0.15, -0.1) is 0 Å². The first kappa shape index (κ1) is 19.5. The molecular formula is C19H21N3O6S. The molecule has 0 atom stereocenters. The molecule has 1 N–H and O–H groups in total. The number of fused-ring (bicyclic) bond motifs is 1. The molecule has 1 saturated heterocycles. The summed E-state index contributed by atoms with van der Waals surface area (Å²) in [6, 6.07) is 7.46. The summed E-state index contributed by atoms with van der Waals surface area (Å²) < 4.78 is 38.8. The number of hydrogen-bond donors (Lipinski definition) is 1. The summed E-state index contributed by atoms with van der Waals surface area (Å²) in [6.45, 7) is 1.52. The van der Waals surface area contributed by atoms with Gasteiger partial charge in [0.2, 0.25) is 15.9 Å². The van der Waals surface area contributed by atoms with Gasteiger partial charge in [-0.1, -0.05) is 0 Å². The van der Waals surface area contributed by atoms with Crippen LogP contribution in [-0.4, -0.2) is 49.5 Å². The number of sulfonamides is 1. The molecule has 2 aliphatic heterocycles. The van der Waals surface area contributed by atoms with Crippen molar-refractivity contribution in [1.29, 1.82) is 0 Å². The zero-order valence-corrected chi connectivity index (χ0v) is 16.5. The van der Waals surface area contributed by atoms with Gasteiger partial charge in [0, 0.05) is 37.1 Å². The SMILES string of the molecule is O=C(Cn1cc(S(=O)(=O)N2CCCC2)ccc1=O)Nc1ccc2c(c1)OCCO2. The van der Waals surface area contributed by atoms with E-state index < -0.39 is 21.5 Å². The Labute approximate surface area is 167 Å². The third-order valence-corrected chi connectivity index (χ3v) is 6.68. The Morgan fingerprint density at radius 2 is 1.76 bits per heavy atom. The van der Waals surface area contributed by atoms with Crippen LogP contribution in [0.1, 0.15) is 12.8 Å². The first-order chi connectivity index (χ1) is 13.9. The first-order valence-corrected chi connectivity index (χ1v) is 10.8. The Bertz CT molecular complexity index is 1090. The van der Waals surface area contributed by atoms with Crippen molar-refractivity contribution in [2.24, 2.45) is 0 Å². The lowest BCUT2D eigenvalue weighted by Crippen LogP contribution is -2.31. The van der Waals surface area contributed by atoms with E-state index in [0.717, 1.165) is 17.4 Å². The Balaban J connectivity index is 1.50. The second kappa shape index (κ2) is 7.88. The molecule has 0 aliphatic carbocycles. The number of nitrogens with one attached hydrogen (secondary N) is 1. The molecule has 1 fully saturated rings. The molecule has 1 aromatic carbocycles. The summed E-state index contributed by atoms with van der Waals surface area (Å²) in [4.78, 5) is 24.6. The van der Waals surface area contributed by atoms with Gasteiger partial charge in [-0.3, -0.25) is 9.59 Å². The fourth-order valence-electron chi connectivity index (χ4n) is 3.34. The van der Waals surface area contributed by atoms with Crippen LogP contribution >= 0.6 is 0 Å². The van der Waals surface area contributed by atoms with E-state index in [1.54, 1.807) is 18.2 Å². The molecule has 1 aromatic heterocycles. The van der Waals surface area contributed by atoms with Crippen LogP contribution in [0.3, 0.4) is 0 Å². The highest BCUT2D eigenvalue weighted by Crippen LogP contribution is 2.32. The summed E-state index contributed by atoms with van der Waals surface area (Å²) in [7, 11) is -3.67. The van der Waals surface area contributed by atoms with E-state index in [2.05, 4.69) is 5.32 Å². The van der Waals surface area contributed by atoms with E-state index in [1.165, 1.54) is 22.6 Å². The maximum atomic E-state index is 12.7. The zero-order chi connectivity index (χ0) is 20.4. The van der Waals surface area contributed by atoms with Crippen molar-refractivity contribution in [2.45, 2.75) is 24.3 Å². The zero-order valence-electron chi connectivity index (χ0n) is 15.7. The number of ether oxygens (including phenoxy) is 2. The molecule has 29 heavy (non-hydrogen) atoms. The van der Waals surface area contributed by atoms with Crippen LogP contribution in [-0.2, 0) is 21.4 Å². The van der Waals surface area contributed by atoms with Crippen molar-refractivity contribution in [2.75, 3.05) is 31.6 Å². The molecule has 0 spiro atoms. The number of pyridine rings is 1. The Morgan fingerprint density at radius 3 is 2.52 bits per heavy atom. The van der Waals surface area contributed by atoms with E-state index in [4.69, 9.17) is 9.47 Å². The van der Waals surface area contributed by atoms with Crippen molar-refractivity contribution >= 4 is 21.6 Å². The highest BCUT2D eigenvalue weighted by molar-refractivity contribution is 7.89. The number of carbonyl (C=O) groups excluding carboxylic acids is 1. The molecule has 0 radical (unpaired) electrons. The van der Waals surface area contributed by atoms with Crippen molar-refractivity contribution in [3.8, 4) is 11.5 Å². The van der Waals surface area contributed by atoms with Gasteiger partial charge in [-0.05, 0) is 31.0 Å². The fraction of sp³-hybridized carbons (Fsp3) is 0.368. The lowest BCUT2D eigenvalue weighted by Gasteiger charge is -2.19. The maximum Gasteiger partial charge on any atom is 0.251 e. The van der Waals surface area contributed by atoms with Gasteiger partial charge in [0.25, 0.3) is 5.56 Å². The maximum absolute atomic E-state index is 12.7. The minimum absolute atomic E-state index is 0.00568. The fourth-order valence-corrected chi connectivity index (χ4v) is 4.88. The molecule has 0 bridgehead atoms. The molecule has 10 heteroatoms. The quantitative estimate of drug-likeness (QED) is 0.776. The highest BCUT2D eigenvalue weighted by Gasteiger charge is 2.27. The summed E-state index contributed by atoms with van der Waals surface area (Å²) in [5.41, 5.74) is 0.0378. The normalized spacial score (nSPS) is 16.6. The number of amides is 1. The van der Waals surface area contributed by atoms with E-state index in [9.17, 15) is 18.0 Å². The molecule has 154 valence electrons. The number of hydrogen-bond acceptors (Lipinski definition) is 6. The predicted octanol–water partition coefficient (Wildman–Crippen LogP) is 1.04. The average molecular weight is 419 g/mol. The predicted molar refractivity (Wildman–Crippen MR) is 105 cm³/mol. The minimum Gasteiger partial charge on any atom is -0.486 e. The minimum atomic E-state index is -3.67. The van der Waals surface area contributed by atoms with Gasteiger partial charge in [-0.25, -0.2) is 8.42 Å². The monoisotopic (exact) mass is 419 g/mol. The smallest absolute Gasteiger partial charge is 0.251 e. The third kappa shape index (κ3) is 4.13. The number of nitrogens with zero attached hydrogens (tertiary/aromatic N) is 2. The van der Waals surface area contributed by atoms with Crippen LogP contribution in [0.4, 0.5) is 5.69 Å². The molecule has 2 aliphatic rings. The molecule has 4 rings (SSSR count). The van der Waals surface area contributed by atoms with Crippen LogP contribution in [0.5, 0.6) is 11.5 Å². The Kier molecular flexibility index (Phi) is 5.29. The van der Waals surface area contributed by atoms with Crippen LogP contribution in [0.2, 0.25) is 0 Å². The molecular weight excluding hydrogens is 398 g/mol. The van der Waals surface area contributed by atoms with Gasteiger partial charge in [0.1, 0.15) is 19.8 Å². The van der Waals surface area contributed by atoms with Gasteiger partial charge in [0.15, 0.2) is 11.5 Å². The second-order valence-electron chi connectivity index (χ2n) is 6.85. The van der Waals surface area contributed by atoms with E-state index in [0.29, 0.717) is 43.5 Å². The van der Waals surface area contributed by atoms with Crippen molar-refractivity contribution < 1.29 is 22.7 Å².